The van der Waals surface area contributed by atoms with Gasteiger partial charge in [-0.3, -0.25) is 0 Å². The van der Waals surface area contributed by atoms with Gasteiger partial charge in [0, 0.05) is 27.4 Å². The van der Waals surface area contributed by atoms with Crippen molar-refractivity contribution in [3.63, 3.8) is 0 Å². The summed E-state index contributed by atoms with van der Waals surface area (Å²) < 4.78 is 16.2. The molecule has 0 saturated heterocycles. The third-order valence-corrected chi connectivity index (χ3v) is 5.63. The van der Waals surface area contributed by atoms with Crippen molar-refractivity contribution < 1.29 is 13.6 Å². The number of rotatable bonds is 17. The molecule has 4 heteroatoms. The van der Waals surface area contributed by atoms with Crippen LogP contribution in [0, 0.1) is 0 Å². The topological polar surface area (TPSA) is 27.7 Å². The lowest BCUT2D eigenvalue weighted by Crippen LogP contribution is -2.18. The van der Waals surface area contributed by atoms with E-state index in [-0.39, 0.29) is 0 Å². The average Bonchev–Trinajstić information content (AvgIpc) is 2.51. The highest BCUT2D eigenvalue weighted by molar-refractivity contribution is 6.44. The number of hydrogen-bond donors (Lipinski definition) is 0. The van der Waals surface area contributed by atoms with Crippen LogP contribution in [-0.2, 0) is 13.6 Å². The maximum absolute atomic E-state index is 5.67. The summed E-state index contributed by atoms with van der Waals surface area (Å²) in [6.45, 7) is 5.56. The molecule has 0 aliphatic carbocycles. The Morgan fingerprint density at radius 3 is 1.86 bits per heavy atom. The number of unbranched alkanes of at least 4 members (excludes halogenated alkanes) is 8. The molecule has 0 radical (unpaired) electrons. The molecule has 0 atom stereocenters. The van der Waals surface area contributed by atoms with E-state index in [1.807, 2.05) is 6.08 Å². The first-order valence-corrected chi connectivity index (χ1v) is 10.3. The van der Waals surface area contributed by atoms with Crippen LogP contribution in [-0.4, -0.2) is 36.7 Å². The fraction of sp³-hybridized carbons (Fsp3) is 0.882. The molecule has 0 heterocycles. The molecule has 0 aliphatic rings. The number of hydrogen-bond acceptors (Lipinski definition) is 3. The van der Waals surface area contributed by atoms with Crippen molar-refractivity contribution >= 4 is 9.28 Å². The van der Waals surface area contributed by atoms with Crippen LogP contribution in [0.25, 0.3) is 0 Å². The second-order valence-electron chi connectivity index (χ2n) is 5.56. The van der Waals surface area contributed by atoms with E-state index in [1.165, 1.54) is 51.4 Å². The van der Waals surface area contributed by atoms with Crippen molar-refractivity contribution in [3.05, 3.63) is 12.7 Å². The van der Waals surface area contributed by atoms with E-state index < -0.39 is 9.28 Å². The molecule has 0 rings (SSSR count). The molecule has 0 saturated carbocycles. The number of allylic oxidation sites excluding steroid dienone is 1. The van der Waals surface area contributed by atoms with Crippen LogP contribution in [0.15, 0.2) is 12.7 Å². The van der Waals surface area contributed by atoms with Crippen molar-refractivity contribution in [3.8, 4) is 0 Å². The van der Waals surface area contributed by atoms with E-state index in [9.17, 15) is 0 Å². The molecule has 0 unspecified atom stereocenters. The van der Waals surface area contributed by atoms with Gasteiger partial charge in [0.15, 0.2) is 0 Å². The molecule has 0 fully saturated rings. The van der Waals surface area contributed by atoms with Gasteiger partial charge in [-0.25, -0.2) is 0 Å². The van der Waals surface area contributed by atoms with Gasteiger partial charge in [0.05, 0.1) is 0 Å². The Labute approximate surface area is 133 Å². The van der Waals surface area contributed by atoms with Crippen LogP contribution in [0.2, 0.25) is 6.04 Å². The van der Waals surface area contributed by atoms with Crippen LogP contribution < -0.4 is 0 Å². The Morgan fingerprint density at radius 1 is 0.762 bits per heavy atom. The van der Waals surface area contributed by atoms with Gasteiger partial charge >= 0.3 is 9.28 Å². The van der Waals surface area contributed by atoms with Crippen molar-refractivity contribution in [2.24, 2.45) is 0 Å². The zero-order valence-electron chi connectivity index (χ0n) is 14.3. The smallest absolute Gasteiger partial charge is 0.320 e. The first-order chi connectivity index (χ1) is 10.3. The highest BCUT2D eigenvalue weighted by atomic mass is 28.3. The monoisotopic (exact) mass is 316 g/mol. The molecular weight excluding hydrogens is 280 g/mol. The first kappa shape index (κ1) is 20.8. The molecule has 0 N–H and O–H groups in total. The fourth-order valence-electron chi connectivity index (χ4n) is 2.33. The second-order valence-corrected chi connectivity index (χ2v) is 7.94. The predicted molar refractivity (Wildman–Crippen MR) is 93.2 cm³/mol. The van der Waals surface area contributed by atoms with Crippen LogP contribution >= 0.6 is 0 Å². The SMILES string of the molecule is C=CCCCCCCCCCOCCCC[SiH](OC)OC. The minimum absolute atomic E-state index is 0.885. The lowest BCUT2D eigenvalue weighted by Gasteiger charge is -2.10. The number of ether oxygens (including phenoxy) is 1. The molecule has 0 aliphatic heterocycles. The summed E-state index contributed by atoms with van der Waals surface area (Å²) >= 11 is 0. The van der Waals surface area contributed by atoms with Gasteiger partial charge < -0.3 is 13.6 Å². The highest BCUT2D eigenvalue weighted by Crippen LogP contribution is 2.09. The normalized spacial score (nSPS) is 11.2. The summed E-state index contributed by atoms with van der Waals surface area (Å²) in [7, 11) is 2.15. The van der Waals surface area contributed by atoms with Gasteiger partial charge in [0.1, 0.15) is 0 Å². The van der Waals surface area contributed by atoms with E-state index in [2.05, 4.69) is 6.58 Å². The molecule has 126 valence electrons. The van der Waals surface area contributed by atoms with Crippen LogP contribution in [0.4, 0.5) is 0 Å². The maximum Gasteiger partial charge on any atom is 0.320 e. The quantitative estimate of drug-likeness (QED) is 0.223. The third kappa shape index (κ3) is 16.0. The van der Waals surface area contributed by atoms with Crippen LogP contribution in [0.1, 0.15) is 64.2 Å². The molecule has 0 aromatic rings. The van der Waals surface area contributed by atoms with Crippen LogP contribution in [0.5, 0.6) is 0 Å². The Morgan fingerprint density at radius 2 is 1.29 bits per heavy atom. The van der Waals surface area contributed by atoms with Crippen molar-refractivity contribution in [2.75, 3.05) is 27.4 Å². The molecule has 0 spiro atoms. The van der Waals surface area contributed by atoms with Gasteiger partial charge in [0.2, 0.25) is 0 Å². The summed E-state index contributed by atoms with van der Waals surface area (Å²) in [5, 5.41) is 0. The van der Waals surface area contributed by atoms with Gasteiger partial charge in [-0.15, -0.1) is 6.58 Å². The second kappa shape index (κ2) is 17.9. The summed E-state index contributed by atoms with van der Waals surface area (Å²) in [5.74, 6) is 0. The van der Waals surface area contributed by atoms with Gasteiger partial charge in [-0.05, 0) is 38.1 Å². The largest absolute Gasteiger partial charge is 0.400 e. The minimum atomic E-state index is -1.34. The molecule has 0 amide bonds. The van der Waals surface area contributed by atoms with Gasteiger partial charge in [0.25, 0.3) is 0 Å². The Balaban J connectivity index is 3.04. The molecular formula is C17H36O3Si. The van der Waals surface area contributed by atoms with E-state index in [0.29, 0.717) is 0 Å². The summed E-state index contributed by atoms with van der Waals surface area (Å²) in [6.07, 6.45) is 14.8. The summed E-state index contributed by atoms with van der Waals surface area (Å²) in [6, 6.07) is 1.09. The Hall–Kier alpha value is -0.163. The first-order valence-electron chi connectivity index (χ1n) is 8.59. The van der Waals surface area contributed by atoms with E-state index in [0.717, 1.165) is 32.1 Å². The van der Waals surface area contributed by atoms with Crippen molar-refractivity contribution in [2.45, 2.75) is 70.3 Å². The lowest BCUT2D eigenvalue weighted by molar-refractivity contribution is 0.126. The standard InChI is InChI=1S/C17H36O3Si/c1-4-5-6-7-8-9-10-11-12-15-20-16-13-14-17-21(18-2)19-3/h4,21H,1,5-17H2,2-3H3. The molecule has 0 aromatic heterocycles. The highest BCUT2D eigenvalue weighted by Gasteiger charge is 2.07. The van der Waals surface area contributed by atoms with Gasteiger partial charge in [-0.1, -0.05) is 38.2 Å². The van der Waals surface area contributed by atoms with E-state index >= 15 is 0 Å². The maximum atomic E-state index is 5.67. The van der Waals surface area contributed by atoms with E-state index in [1.54, 1.807) is 14.2 Å². The molecule has 3 nitrogen and oxygen atoms in total. The lowest BCUT2D eigenvalue weighted by atomic mass is 10.1. The summed E-state index contributed by atoms with van der Waals surface area (Å²) in [5.41, 5.74) is 0. The minimum Gasteiger partial charge on any atom is -0.400 e. The van der Waals surface area contributed by atoms with Crippen molar-refractivity contribution in [1.82, 2.24) is 0 Å². The van der Waals surface area contributed by atoms with Crippen molar-refractivity contribution in [1.29, 1.82) is 0 Å². The molecule has 21 heavy (non-hydrogen) atoms. The Kier molecular flexibility index (Phi) is 17.7. The molecule has 0 bridgehead atoms. The van der Waals surface area contributed by atoms with E-state index in [4.69, 9.17) is 13.6 Å². The summed E-state index contributed by atoms with van der Waals surface area (Å²) in [4.78, 5) is 0. The zero-order chi connectivity index (χ0) is 15.6. The predicted octanol–water partition coefficient (Wildman–Crippen LogP) is 4.60. The molecule has 0 aromatic carbocycles. The van der Waals surface area contributed by atoms with Gasteiger partial charge in [-0.2, -0.15) is 0 Å². The zero-order valence-corrected chi connectivity index (χ0v) is 15.4. The fourth-order valence-corrected chi connectivity index (χ4v) is 3.61. The third-order valence-electron chi connectivity index (χ3n) is 3.70. The Bertz CT molecular complexity index is 208. The average molecular weight is 317 g/mol. The van der Waals surface area contributed by atoms with Crippen LogP contribution in [0.3, 0.4) is 0 Å².